The van der Waals surface area contributed by atoms with Crippen LogP contribution >= 0.6 is 0 Å². The second kappa shape index (κ2) is 5.39. The Balaban J connectivity index is 1.91. The highest BCUT2D eigenvalue weighted by atomic mass is 19.1. The molecule has 0 fully saturated rings. The molecule has 0 aliphatic rings. The minimum atomic E-state index is -0.771. The predicted molar refractivity (Wildman–Crippen MR) is 60.9 cm³/mol. The monoisotopic (exact) mass is 251 g/mol. The summed E-state index contributed by atoms with van der Waals surface area (Å²) in [6.07, 6.45) is 3.39. The summed E-state index contributed by atoms with van der Waals surface area (Å²) in [6.45, 7) is 0.829. The van der Waals surface area contributed by atoms with E-state index in [2.05, 4.69) is 10.4 Å². The third-order valence-corrected chi connectivity index (χ3v) is 2.31. The third kappa shape index (κ3) is 3.13. The van der Waals surface area contributed by atoms with Gasteiger partial charge in [-0.3, -0.25) is 9.48 Å². The number of aromatic nitrogens is 2. The molecule has 0 bridgehead atoms. The first-order chi connectivity index (χ1) is 8.65. The zero-order valence-corrected chi connectivity index (χ0v) is 9.44. The highest BCUT2D eigenvalue weighted by molar-refractivity contribution is 5.94. The maximum atomic E-state index is 12.9. The maximum Gasteiger partial charge on any atom is 0.251 e. The van der Waals surface area contributed by atoms with Gasteiger partial charge >= 0.3 is 0 Å². The molecule has 1 N–H and O–H groups in total. The lowest BCUT2D eigenvalue weighted by atomic mass is 10.2. The number of amides is 1. The van der Waals surface area contributed by atoms with Crippen LogP contribution in [0.15, 0.2) is 36.7 Å². The zero-order chi connectivity index (χ0) is 13.0. The largest absolute Gasteiger partial charge is 0.350 e. The van der Waals surface area contributed by atoms with Gasteiger partial charge in [-0.05, 0) is 18.2 Å². The van der Waals surface area contributed by atoms with Crippen LogP contribution < -0.4 is 5.32 Å². The van der Waals surface area contributed by atoms with Crippen molar-refractivity contribution in [2.45, 2.75) is 6.54 Å². The Morgan fingerprint density at radius 3 is 2.61 bits per heavy atom. The summed E-state index contributed by atoms with van der Waals surface area (Å²) in [5.41, 5.74) is -0.0343. The molecule has 6 heteroatoms. The fourth-order valence-electron chi connectivity index (χ4n) is 1.50. The second-order valence-corrected chi connectivity index (χ2v) is 3.68. The summed E-state index contributed by atoms with van der Waals surface area (Å²) in [5.74, 6) is -2.06. The molecule has 0 spiro atoms. The van der Waals surface area contributed by atoms with Crippen molar-refractivity contribution in [3.05, 3.63) is 53.9 Å². The summed E-state index contributed by atoms with van der Waals surface area (Å²) >= 11 is 0. The van der Waals surface area contributed by atoms with E-state index < -0.39 is 17.5 Å². The average Bonchev–Trinajstić information content (AvgIpc) is 2.80. The average molecular weight is 251 g/mol. The molecule has 0 unspecified atom stereocenters. The minimum absolute atomic E-state index is 0.0343. The van der Waals surface area contributed by atoms with E-state index in [0.29, 0.717) is 13.1 Å². The number of nitrogens with one attached hydrogen (secondary N) is 1. The second-order valence-electron chi connectivity index (χ2n) is 3.68. The van der Waals surface area contributed by atoms with Crippen LogP contribution in [0.3, 0.4) is 0 Å². The summed E-state index contributed by atoms with van der Waals surface area (Å²) in [6, 6.07) is 4.48. The van der Waals surface area contributed by atoms with Crippen LogP contribution in [0.2, 0.25) is 0 Å². The Bertz CT molecular complexity index is 520. The van der Waals surface area contributed by atoms with E-state index in [0.717, 1.165) is 18.2 Å². The summed E-state index contributed by atoms with van der Waals surface area (Å²) in [5, 5.41) is 6.52. The smallest absolute Gasteiger partial charge is 0.251 e. The summed E-state index contributed by atoms with van der Waals surface area (Å²) < 4.78 is 27.4. The van der Waals surface area contributed by atoms with E-state index in [4.69, 9.17) is 0 Å². The molecule has 1 aromatic carbocycles. The molecule has 1 heterocycles. The number of hydrogen-bond donors (Lipinski definition) is 1. The first-order valence-corrected chi connectivity index (χ1v) is 5.37. The molecule has 18 heavy (non-hydrogen) atoms. The predicted octanol–water partition coefficient (Wildman–Crippen LogP) is 1.59. The van der Waals surface area contributed by atoms with Crippen molar-refractivity contribution in [1.29, 1.82) is 0 Å². The van der Waals surface area contributed by atoms with Crippen molar-refractivity contribution in [1.82, 2.24) is 15.1 Å². The molecule has 94 valence electrons. The van der Waals surface area contributed by atoms with Gasteiger partial charge in [-0.15, -0.1) is 0 Å². The van der Waals surface area contributed by atoms with Crippen molar-refractivity contribution in [3.8, 4) is 0 Å². The van der Waals surface area contributed by atoms with Crippen LogP contribution in [-0.4, -0.2) is 22.2 Å². The molecule has 1 aromatic heterocycles. The minimum Gasteiger partial charge on any atom is -0.350 e. The number of rotatable bonds is 4. The fraction of sp³-hybridized carbons (Fsp3) is 0.167. The lowest BCUT2D eigenvalue weighted by molar-refractivity contribution is 0.0951. The van der Waals surface area contributed by atoms with E-state index in [1.54, 1.807) is 23.1 Å². The highest BCUT2D eigenvalue weighted by Gasteiger charge is 2.08. The summed E-state index contributed by atoms with van der Waals surface area (Å²) in [7, 11) is 0. The molecule has 0 aliphatic carbocycles. The number of halogens is 2. The number of benzene rings is 1. The Morgan fingerprint density at radius 1 is 1.28 bits per heavy atom. The molecule has 0 saturated heterocycles. The number of hydrogen-bond acceptors (Lipinski definition) is 2. The van der Waals surface area contributed by atoms with Crippen molar-refractivity contribution in [3.63, 3.8) is 0 Å². The topological polar surface area (TPSA) is 46.9 Å². The zero-order valence-electron chi connectivity index (χ0n) is 9.44. The number of carbonyl (C=O) groups is 1. The lowest BCUT2D eigenvalue weighted by Crippen LogP contribution is -2.27. The first-order valence-electron chi connectivity index (χ1n) is 5.37. The van der Waals surface area contributed by atoms with Crippen LogP contribution in [0.1, 0.15) is 10.4 Å². The standard InChI is InChI=1S/C12H11F2N3O/c13-10-6-9(7-11(14)8-10)12(18)15-3-5-17-4-1-2-16-17/h1-2,4,6-8H,3,5H2,(H,15,18). The first kappa shape index (κ1) is 12.2. The SMILES string of the molecule is O=C(NCCn1cccn1)c1cc(F)cc(F)c1. The molecule has 2 rings (SSSR count). The molecule has 0 aliphatic heterocycles. The fourth-order valence-corrected chi connectivity index (χ4v) is 1.50. The van der Waals surface area contributed by atoms with E-state index >= 15 is 0 Å². The normalized spacial score (nSPS) is 10.3. The molecule has 0 radical (unpaired) electrons. The van der Waals surface area contributed by atoms with Crippen LogP contribution in [0.25, 0.3) is 0 Å². The van der Waals surface area contributed by atoms with E-state index in [9.17, 15) is 13.6 Å². The van der Waals surface area contributed by atoms with Crippen LogP contribution in [-0.2, 0) is 6.54 Å². The van der Waals surface area contributed by atoms with Gasteiger partial charge in [0.05, 0.1) is 6.54 Å². The molecule has 0 saturated carbocycles. The van der Waals surface area contributed by atoms with Crippen molar-refractivity contribution >= 4 is 5.91 Å². The quantitative estimate of drug-likeness (QED) is 0.897. The van der Waals surface area contributed by atoms with Gasteiger partial charge in [-0.25, -0.2) is 8.78 Å². The van der Waals surface area contributed by atoms with Gasteiger partial charge < -0.3 is 5.32 Å². The highest BCUT2D eigenvalue weighted by Crippen LogP contribution is 2.07. The van der Waals surface area contributed by atoms with Gasteiger partial charge in [-0.1, -0.05) is 0 Å². The molecular formula is C12H11F2N3O. The summed E-state index contributed by atoms with van der Waals surface area (Å²) in [4.78, 5) is 11.6. The van der Waals surface area contributed by atoms with E-state index in [-0.39, 0.29) is 5.56 Å². The Labute approximate surface area is 102 Å². The van der Waals surface area contributed by atoms with Gasteiger partial charge in [-0.2, -0.15) is 5.10 Å². The Kier molecular flexibility index (Phi) is 3.66. The molecular weight excluding hydrogens is 240 g/mol. The molecule has 2 aromatic rings. The van der Waals surface area contributed by atoms with Crippen molar-refractivity contribution < 1.29 is 13.6 Å². The van der Waals surface area contributed by atoms with Gasteiger partial charge in [0, 0.05) is 30.6 Å². The van der Waals surface area contributed by atoms with Gasteiger partial charge in [0.2, 0.25) is 0 Å². The molecule has 4 nitrogen and oxygen atoms in total. The number of carbonyl (C=O) groups excluding carboxylic acids is 1. The van der Waals surface area contributed by atoms with Crippen molar-refractivity contribution in [2.24, 2.45) is 0 Å². The molecule has 0 atom stereocenters. The van der Waals surface area contributed by atoms with Gasteiger partial charge in [0.25, 0.3) is 5.91 Å². The Morgan fingerprint density at radius 2 is 2.00 bits per heavy atom. The van der Waals surface area contributed by atoms with Crippen LogP contribution in [0.5, 0.6) is 0 Å². The molecule has 1 amide bonds. The van der Waals surface area contributed by atoms with Crippen molar-refractivity contribution in [2.75, 3.05) is 6.54 Å². The van der Waals surface area contributed by atoms with Gasteiger partial charge in [0.15, 0.2) is 0 Å². The number of nitrogens with zero attached hydrogens (tertiary/aromatic N) is 2. The van der Waals surface area contributed by atoms with E-state index in [1.165, 1.54) is 0 Å². The maximum absolute atomic E-state index is 12.9. The van der Waals surface area contributed by atoms with E-state index in [1.807, 2.05) is 0 Å². The lowest BCUT2D eigenvalue weighted by Gasteiger charge is -2.05. The van der Waals surface area contributed by atoms with Crippen LogP contribution in [0, 0.1) is 11.6 Å². The Hall–Kier alpha value is -2.24. The van der Waals surface area contributed by atoms with Gasteiger partial charge in [0.1, 0.15) is 11.6 Å². The third-order valence-electron chi connectivity index (χ3n) is 2.31. The van der Waals surface area contributed by atoms with Crippen LogP contribution in [0.4, 0.5) is 8.78 Å².